The molecule has 5 heteroatoms. The van der Waals surface area contributed by atoms with Crippen LogP contribution >= 0.6 is 15.9 Å². The highest BCUT2D eigenvalue weighted by Gasteiger charge is 2.72. The molecule has 0 saturated heterocycles. The number of carbonyl (C=O) groups is 2. The maximum Gasteiger partial charge on any atom is 0.310 e. The monoisotopic (exact) mass is 461 g/mol. The lowest BCUT2D eigenvalue weighted by molar-refractivity contribution is -0.157. The van der Waals surface area contributed by atoms with Crippen molar-refractivity contribution < 1.29 is 14.3 Å². The minimum absolute atomic E-state index is 0.0642. The van der Waals surface area contributed by atoms with Gasteiger partial charge in [0, 0.05) is 22.0 Å². The van der Waals surface area contributed by atoms with Gasteiger partial charge in [-0.25, -0.2) is 0 Å². The summed E-state index contributed by atoms with van der Waals surface area (Å²) in [5, 5.41) is 3.08. The Labute approximate surface area is 183 Å². The molecule has 0 aromatic heterocycles. The first-order chi connectivity index (χ1) is 14.6. The van der Waals surface area contributed by atoms with Crippen LogP contribution in [-0.4, -0.2) is 19.0 Å². The third-order valence-electron chi connectivity index (χ3n) is 6.56. The predicted octanol–water partition coefficient (Wildman–Crippen LogP) is 5.01. The number of hydrogen-bond donors (Lipinski definition) is 1. The van der Waals surface area contributed by atoms with Gasteiger partial charge in [-0.1, -0.05) is 76.6 Å². The van der Waals surface area contributed by atoms with Gasteiger partial charge in [-0.3, -0.25) is 9.59 Å². The molecule has 0 bridgehead atoms. The van der Waals surface area contributed by atoms with Crippen LogP contribution in [0, 0.1) is 5.92 Å². The van der Waals surface area contributed by atoms with Gasteiger partial charge in [0.25, 0.3) is 0 Å². The van der Waals surface area contributed by atoms with Crippen LogP contribution < -0.4 is 5.32 Å². The highest BCUT2D eigenvalue weighted by molar-refractivity contribution is 9.10. The van der Waals surface area contributed by atoms with Crippen LogP contribution in [0.2, 0.25) is 0 Å². The van der Waals surface area contributed by atoms with Gasteiger partial charge >= 0.3 is 5.97 Å². The van der Waals surface area contributed by atoms with E-state index in [1.165, 1.54) is 7.11 Å². The van der Waals surface area contributed by atoms with Gasteiger partial charge in [-0.2, -0.15) is 0 Å². The second-order valence-corrected chi connectivity index (χ2v) is 8.75. The van der Waals surface area contributed by atoms with Crippen molar-refractivity contribution in [2.24, 2.45) is 5.92 Å². The Morgan fingerprint density at radius 3 is 2.17 bits per heavy atom. The van der Waals surface area contributed by atoms with Gasteiger partial charge in [0.2, 0.25) is 5.91 Å². The zero-order valence-corrected chi connectivity index (χ0v) is 17.9. The first kappa shape index (κ1) is 19.1. The van der Waals surface area contributed by atoms with Gasteiger partial charge in [-0.05, 0) is 34.9 Å². The number of nitrogens with one attached hydrogen (secondary N) is 1. The third kappa shape index (κ3) is 2.51. The summed E-state index contributed by atoms with van der Waals surface area (Å²) in [5.74, 6) is -1.46. The van der Waals surface area contributed by atoms with Crippen LogP contribution in [0.4, 0.5) is 5.69 Å². The number of para-hydroxylation sites is 1. The fraction of sp³-hybridized carbons (Fsp3) is 0.200. The first-order valence-electron chi connectivity index (χ1n) is 9.88. The van der Waals surface area contributed by atoms with E-state index in [0.717, 1.165) is 26.9 Å². The van der Waals surface area contributed by atoms with Crippen LogP contribution in [0.15, 0.2) is 83.3 Å². The summed E-state index contributed by atoms with van der Waals surface area (Å²) >= 11 is 3.48. The van der Waals surface area contributed by atoms with Crippen molar-refractivity contribution >= 4 is 33.5 Å². The van der Waals surface area contributed by atoms with E-state index in [2.05, 4.69) is 21.2 Å². The van der Waals surface area contributed by atoms with E-state index < -0.39 is 11.3 Å². The Bertz CT molecular complexity index is 1130. The molecular weight excluding hydrogens is 442 g/mol. The van der Waals surface area contributed by atoms with Gasteiger partial charge in [0.1, 0.15) is 0 Å². The number of fused-ring (bicyclic) bond motifs is 2. The molecule has 4 nitrogen and oxygen atoms in total. The van der Waals surface area contributed by atoms with Gasteiger partial charge in [-0.15, -0.1) is 0 Å². The molecule has 0 radical (unpaired) electrons. The molecule has 1 N–H and O–H groups in total. The zero-order chi connectivity index (χ0) is 20.9. The van der Waals surface area contributed by atoms with E-state index in [9.17, 15) is 9.59 Å². The lowest BCUT2D eigenvalue weighted by atomic mass is 9.41. The summed E-state index contributed by atoms with van der Waals surface area (Å²) in [5.41, 5.74) is 2.80. The number of esters is 1. The summed E-state index contributed by atoms with van der Waals surface area (Å²) < 4.78 is 6.18. The lowest BCUT2D eigenvalue weighted by Crippen LogP contribution is -2.62. The molecule has 3 aromatic carbocycles. The van der Waals surface area contributed by atoms with Crippen LogP contribution in [0.25, 0.3) is 0 Å². The lowest BCUT2D eigenvalue weighted by Gasteiger charge is -2.57. The Balaban J connectivity index is 1.78. The number of amides is 1. The summed E-state index contributed by atoms with van der Waals surface area (Å²) in [6.45, 7) is 0. The van der Waals surface area contributed by atoms with E-state index in [1.54, 1.807) is 0 Å². The number of rotatable bonds is 3. The van der Waals surface area contributed by atoms with Crippen molar-refractivity contribution in [2.75, 3.05) is 12.4 Å². The fourth-order valence-corrected chi connectivity index (χ4v) is 5.70. The molecule has 1 amide bonds. The molecule has 1 saturated carbocycles. The van der Waals surface area contributed by atoms with Crippen molar-refractivity contribution in [3.05, 3.63) is 100 Å². The van der Waals surface area contributed by atoms with E-state index in [-0.39, 0.29) is 23.7 Å². The van der Waals surface area contributed by atoms with Crippen LogP contribution in [-0.2, 0) is 19.7 Å². The van der Waals surface area contributed by atoms with E-state index >= 15 is 0 Å². The summed E-state index contributed by atoms with van der Waals surface area (Å²) in [6, 6.07) is 25.5. The molecule has 1 spiro atoms. The smallest absolute Gasteiger partial charge is 0.310 e. The molecule has 30 heavy (non-hydrogen) atoms. The highest BCUT2D eigenvalue weighted by atomic mass is 79.9. The molecule has 1 heterocycles. The molecule has 4 atom stereocenters. The second-order valence-electron chi connectivity index (χ2n) is 7.84. The molecule has 2 aliphatic rings. The first-order valence-corrected chi connectivity index (χ1v) is 10.7. The topological polar surface area (TPSA) is 55.4 Å². The molecule has 0 unspecified atom stereocenters. The Morgan fingerprint density at radius 1 is 0.900 bits per heavy atom. The Morgan fingerprint density at radius 2 is 1.50 bits per heavy atom. The maximum atomic E-state index is 13.7. The number of anilines is 1. The summed E-state index contributed by atoms with van der Waals surface area (Å²) in [4.78, 5) is 26.7. The standard InChI is InChI=1S/C25H20BrNO3/c1-30-23(28)20-21(15-7-3-2-4-8-15)25(22(20)16-11-13-17(26)14-12-16)18-9-5-6-10-19(18)27-24(25)29/h2-14,20-22H,1H3,(H,27,29)/t20-,21-,22-,25+/m1/s1. The molecule has 1 aliphatic heterocycles. The normalized spacial score (nSPS) is 26.6. The average Bonchev–Trinajstić information content (AvgIpc) is 3.07. The minimum atomic E-state index is -0.870. The van der Waals surface area contributed by atoms with Gasteiger partial charge < -0.3 is 10.1 Å². The highest BCUT2D eigenvalue weighted by Crippen LogP contribution is 2.69. The molecule has 1 fully saturated rings. The molecule has 1 aliphatic carbocycles. The van der Waals surface area contributed by atoms with Gasteiger partial charge in [0.15, 0.2) is 0 Å². The predicted molar refractivity (Wildman–Crippen MR) is 118 cm³/mol. The van der Waals surface area contributed by atoms with Crippen molar-refractivity contribution in [3.8, 4) is 0 Å². The number of hydrogen-bond acceptors (Lipinski definition) is 3. The summed E-state index contributed by atoms with van der Waals surface area (Å²) in [7, 11) is 1.41. The Kier molecular flexibility index (Phi) is 4.51. The number of carbonyl (C=O) groups excluding carboxylic acids is 2. The van der Waals surface area contributed by atoms with Crippen molar-refractivity contribution in [2.45, 2.75) is 17.3 Å². The second kappa shape index (κ2) is 7.10. The number of methoxy groups -OCH3 is 1. The van der Waals surface area contributed by atoms with Crippen molar-refractivity contribution in [1.29, 1.82) is 0 Å². The van der Waals surface area contributed by atoms with Crippen molar-refractivity contribution in [3.63, 3.8) is 0 Å². The molecule has 3 aromatic rings. The Hall–Kier alpha value is -2.92. The van der Waals surface area contributed by atoms with Crippen LogP contribution in [0.5, 0.6) is 0 Å². The van der Waals surface area contributed by atoms with E-state index in [0.29, 0.717) is 0 Å². The molecule has 5 rings (SSSR count). The minimum Gasteiger partial charge on any atom is -0.469 e. The SMILES string of the molecule is COC(=O)[C@@H]1[C@@H](c2ccccc2)[C@]2(C(=O)Nc3ccccc32)[C@@H]1c1ccc(Br)cc1. The van der Waals surface area contributed by atoms with Crippen molar-refractivity contribution in [1.82, 2.24) is 0 Å². The average molecular weight is 462 g/mol. The zero-order valence-electron chi connectivity index (χ0n) is 16.3. The maximum absolute atomic E-state index is 13.7. The van der Waals surface area contributed by atoms with Gasteiger partial charge in [0.05, 0.1) is 18.4 Å². The number of benzene rings is 3. The number of ether oxygens (including phenoxy) is 1. The summed E-state index contributed by atoms with van der Waals surface area (Å²) in [6.07, 6.45) is 0. The third-order valence-corrected chi connectivity index (χ3v) is 7.09. The quantitative estimate of drug-likeness (QED) is 0.557. The number of halogens is 1. The van der Waals surface area contributed by atoms with E-state index in [4.69, 9.17) is 4.74 Å². The molecule has 150 valence electrons. The fourth-order valence-electron chi connectivity index (χ4n) is 5.43. The van der Waals surface area contributed by atoms with E-state index in [1.807, 2.05) is 78.9 Å². The largest absolute Gasteiger partial charge is 0.469 e. The molecular formula is C25H20BrNO3. The van der Waals surface area contributed by atoms with Crippen LogP contribution in [0.1, 0.15) is 28.5 Å². The van der Waals surface area contributed by atoms with Crippen LogP contribution in [0.3, 0.4) is 0 Å².